The maximum absolute atomic E-state index is 11.9. The maximum Gasteiger partial charge on any atom is 0.220 e. The number of hydrogen-bond donors (Lipinski definition) is 1. The van der Waals surface area contributed by atoms with Gasteiger partial charge in [0.05, 0.1) is 15.2 Å². The zero-order chi connectivity index (χ0) is 14.5. The Bertz CT molecular complexity index is 546. The number of carbonyl (C=O) groups is 1. The Labute approximate surface area is 124 Å². The molecule has 2 rings (SSSR count). The minimum absolute atomic E-state index is 0.122. The van der Waals surface area contributed by atoms with Crippen LogP contribution in [-0.2, 0) is 11.2 Å². The van der Waals surface area contributed by atoms with Gasteiger partial charge in [-0.05, 0) is 25.0 Å². The quantitative estimate of drug-likeness (QED) is 0.879. The number of para-hydroxylation sites is 1. The van der Waals surface area contributed by atoms with Gasteiger partial charge in [-0.15, -0.1) is 11.3 Å². The largest absolute Gasteiger partial charge is 0.353 e. The SMILES string of the molecule is CCC(C)C(C)NC(=O)CCc1nc2ccccc2s1. The van der Waals surface area contributed by atoms with Crippen molar-refractivity contribution in [2.75, 3.05) is 0 Å². The molecule has 0 saturated heterocycles. The van der Waals surface area contributed by atoms with Crippen LogP contribution in [0.2, 0.25) is 0 Å². The first kappa shape index (κ1) is 15.0. The van der Waals surface area contributed by atoms with E-state index in [4.69, 9.17) is 0 Å². The summed E-state index contributed by atoms with van der Waals surface area (Å²) in [6.07, 6.45) is 2.32. The number of aromatic nitrogens is 1. The van der Waals surface area contributed by atoms with Crippen molar-refractivity contribution in [3.8, 4) is 0 Å². The highest BCUT2D eigenvalue weighted by Crippen LogP contribution is 2.22. The Morgan fingerprint density at radius 3 is 2.80 bits per heavy atom. The topological polar surface area (TPSA) is 42.0 Å². The number of nitrogens with zero attached hydrogens (tertiary/aromatic N) is 1. The van der Waals surface area contributed by atoms with Crippen LogP contribution in [0.4, 0.5) is 0 Å². The fraction of sp³-hybridized carbons (Fsp3) is 0.500. The van der Waals surface area contributed by atoms with Crippen LogP contribution in [-0.4, -0.2) is 16.9 Å². The Morgan fingerprint density at radius 1 is 1.35 bits per heavy atom. The van der Waals surface area contributed by atoms with Crippen molar-refractivity contribution in [1.82, 2.24) is 10.3 Å². The smallest absolute Gasteiger partial charge is 0.220 e. The number of amides is 1. The third-order valence-corrected chi connectivity index (χ3v) is 4.89. The second kappa shape index (κ2) is 6.84. The van der Waals surface area contributed by atoms with Crippen molar-refractivity contribution in [1.29, 1.82) is 0 Å². The molecule has 0 bridgehead atoms. The molecular formula is C16H22N2OS. The summed E-state index contributed by atoms with van der Waals surface area (Å²) < 4.78 is 1.19. The van der Waals surface area contributed by atoms with E-state index in [1.165, 1.54) is 4.70 Å². The van der Waals surface area contributed by atoms with Gasteiger partial charge in [-0.1, -0.05) is 32.4 Å². The van der Waals surface area contributed by atoms with Crippen LogP contribution in [0.15, 0.2) is 24.3 Å². The lowest BCUT2D eigenvalue weighted by atomic mass is 10.0. The first-order valence-corrected chi connectivity index (χ1v) is 8.05. The molecular weight excluding hydrogens is 268 g/mol. The van der Waals surface area contributed by atoms with Crippen LogP contribution in [0.25, 0.3) is 10.2 Å². The summed E-state index contributed by atoms with van der Waals surface area (Å²) in [5.74, 6) is 0.637. The lowest BCUT2D eigenvalue weighted by Crippen LogP contribution is -2.36. The number of nitrogens with one attached hydrogen (secondary N) is 1. The fourth-order valence-electron chi connectivity index (χ4n) is 2.07. The monoisotopic (exact) mass is 290 g/mol. The third-order valence-electron chi connectivity index (χ3n) is 3.79. The summed E-state index contributed by atoms with van der Waals surface area (Å²) in [5.41, 5.74) is 1.03. The summed E-state index contributed by atoms with van der Waals surface area (Å²) in [6, 6.07) is 8.34. The number of fused-ring (bicyclic) bond motifs is 1. The molecule has 0 radical (unpaired) electrons. The van der Waals surface area contributed by atoms with Gasteiger partial charge in [-0.25, -0.2) is 4.98 Å². The lowest BCUT2D eigenvalue weighted by molar-refractivity contribution is -0.122. The van der Waals surface area contributed by atoms with Crippen molar-refractivity contribution in [3.05, 3.63) is 29.3 Å². The molecule has 0 aliphatic carbocycles. The van der Waals surface area contributed by atoms with Gasteiger partial charge in [0.25, 0.3) is 0 Å². The molecule has 0 saturated carbocycles. The van der Waals surface area contributed by atoms with Gasteiger partial charge in [-0.2, -0.15) is 0 Å². The number of benzene rings is 1. The number of thiazole rings is 1. The van der Waals surface area contributed by atoms with E-state index in [-0.39, 0.29) is 11.9 Å². The zero-order valence-corrected chi connectivity index (χ0v) is 13.2. The summed E-state index contributed by atoms with van der Waals surface area (Å²) in [4.78, 5) is 16.5. The van der Waals surface area contributed by atoms with Crippen molar-refractivity contribution >= 4 is 27.5 Å². The Balaban J connectivity index is 1.87. The third kappa shape index (κ3) is 3.79. The lowest BCUT2D eigenvalue weighted by Gasteiger charge is -2.19. The van der Waals surface area contributed by atoms with E-state index >= 15 is 0 Å². The Hall–Kier alpha value is -1.42. The fourth-order valence-corrected chi connectivity index (χ4v) is 3.04. The van der Waals surface area contributed by atoms with E-state index in [9.17, 15) is 4.79 Å². The van der Waals surface area contributed by atoms with Crippen LogP contribution in [0, 0.1) is 5.92 Å². The summed E-state index contributed by atoms with van der Waals surface area (Å²) >= 11 is 1.68. The van der Waals surface area contributed by atoms with Crippen LogP contribution < -0.4 is 5.32 Å². The summed E-state index contributed by atoms with van der Waals surface area (Å²) in [7, 11) is 0. The predicted molar refractivity (Wildman–Crippen MR) is 85.0 cm³/mol. The van der Waals surface area contributed by atoms with E-state index in [2.05, 4.69) is 37.1 Å². The summed E-state index contributed by atoms with van der Waals surface area (Å²) in [6.45, 7) is 6.39. The molecule has 1 amide bonds. The van der Waals surface area contributed by atoms with E-state index < -0.39 is 0 Å². The van der Waals surface area contributed by atoms with Crippen LogP contribution >= 0.6 is 11.3 Å². The molecule has 2 aromatic rings. The van der Waals surface area contributed by atoms with Crippen molar-refractivity contribution in [2.24, 2.45) is 5.92 Å². The van der Waals surface area contributed by atoms with Crippen LogP contribution in [0.1, 0.15) is 38.6 Å². The summed E-state index contributed by atoms with van der Waals surface area (Å²) in [5, 5.41) is 4.11. The molecule has 20 heavy (non-hydrogen) atoms. The number of hydrogen-bond acceptors (Lipinski definition) is 3. The second-order valence-electron chi connectivity index (χ2n) is 5.32. The minimum atomic E-state index is 0.122. The van der Waals surface area contributed by atoms with E-state index in [1.807, 2.05) is 18.2 Å². The number of aryl methyl sites for hydroxylation is 1. The molecule has 1 N–H and O–H groups in total. The van der Waals surface area contributed by atoms with Crippen molar-refractivity contribution < 1.29 is 4.79 Å². The molecule has 2 atom stereocenters. The minimum Gasteiger partial charge on any atom is -0.353 e. The highest BCUT2D eigenvalue weighted by molar-refractivity contribution is 7.18. The molecule has 3 nitrogen and oxygen atoms in total. The standard InChI is InChI=1S/C16H22N2OS/c1-4-11(2)12(3)17-15(19)9-10-16-18-13-7-5-6-8-14(13)20-16/h5-8,11-12H,4,9-10H2,1-3H3,(H,17,19). The first-order valence-electron chi connectivity index (χ1n) is 7.24. The van der Waals surface area contributed by atoms with Gasteiger partial charge in [0, 0.05) is 18.9 Å². The first-order chi connectivity index (χ1) is 9.60. The normalized spacial score (nSPS) is 14.2. The molecule has 0 spiro atoms. The van der Waals surface area contributed by atoms with E-state index in [0.29, 0.717) is 12.3 Å². The average molecular weight is 290 g/mol. The molecule has 4 heteroatoms. The molecule has 1 aromatic heterocycles. The van der Waals surface area contributed by atoms with Crippen LogP contribution in [0.3, 0.4) is 0 Å². The molecule has 1 heterocycles. The van der Waals surface area contributed by atoms with Crippen molar-refractivity contribution in [3.63, 3.8) is 0 Å². The highest BCUT2D eigenvalue weighted by atomic mass is 32.1. The number of carbonyl (C=O) groups excluding carboxylic acids is 1. The number of rotatable bonds is 6. The molecule has 108 valence electrons. The van der Waals surface area contributed by atoms with Crippen molar-refractivity contribution in [2.45, 2.75) is 46.1 Å². The Morgan fingerprint density at radius 2 is 2.10 bits per heavy atom. The molecule has 0 aliphatic heterocycles. The zero-order valence-electron chi connectivity index (χ0n) is 12.3. The van der Waals surface area contributed by atoms with Gasteiger partial charge in [0.1, 0.15) is 0 Å². The average Bonchev–Trinajstić information content (AvgIpc) is 2.87. The van der Waals surface area contributed by atoms with Crippen LogP contribution in [0.5, 0.6) is 0 Å². The molecule has 2 unspecified atom stereocenters. The predicted octanol–water partition coefficient (Wildman–Crippen LogP) is 3.78. The van der Waals surface area contributed by atoms with Gasteiger partial charge < -0.3 is 5.32 Å². The molecule has 1 aromatic carbocycles. The highest BCUT2D eigenvalue weighted by Gasteiger charge is 2.13. The van der Waals surface area contributed by atoms with Gasteiger partial charge in [-0.3, -0.25) is 4.79 Å². The van der Waals surface area contributed by atoms with Gasteiger partial charge >= 0.3 is 0 Å². The Kier molecular flexibility index (Phi) is 5.12. The van der Waals surface area contributed by atoms with Gasteiger partial charge in [0.15, 0.2) is 0 Å². The van der Waals surface area contributed by atoms with Gasteiger partial charge in [0.2, 0.25) is 5.91 Å². The van der Waals surface area contributed by atoms with E-state index in [1.54, 1.807) is 11.3 Å². The maximum atomic E-state index is 11.9. The molecule has 0 fully saturated rings. The van der Waals surface area contributed by atoms with E-state index in [0.717, 1.165) is 23.4 Å². The second-order valence-corrected chi connectivity index (χ2v) is 6.43. The molecule has 0 aliphatic rings.